The molecule has 0 aliphatic heterocycles. The number of methoxy groups -OCH3 is 1. The van der Waals surface area contributed by atoms with E-state index in [2.05, 4.69) is 18.6 Å². The molecule has 0 saturated carbocycles. The van der Waals surface area contributed by atoms with Gasteiger partial charge in [0.1, 0.15) is 0 Å². The first-order chi connectivity index (χ1) is 6.66. The zero-order valence-electron chi connectivity index (χ0n) is 9.58. The number of allylic oxidation sites excluding steroid dienone is 1. The first-order valence-corrected chi connectivity index (χ1v) is 5.41. The second-order valence-electron chi connectivity index (χ2n) is 3.96. The molecule has 0 aromatic carbocycles. The third-order valence-corrected chi connectivity index (χ3v) is 2.11. The van der Waals surface area contributed by atoms with Gasteiger partial charge in [-0.15, -0.1) is 0 Å². The zero-order valence-corrected chi connectivity index (χ0v) is 9.58. The van der Waals surface area contributed by atoms with Gasteiger partial charge in [0.2, 0.25) is 0 Å². The van der Waals surface area contributed by atoms with Crippen LogP contribution in [0.25, 0.3) is 0 Å². The summed E-state index contributed by atoms with van der Waals surface area (Å²) in [5.74, 6) is 0.549. The Morgan fingerprint density at radius 3 is 2.57 bits per heavy atom. The van der Waals surface area contributed by atoms with E-state index in [9.17, 15) is 4.79 Å². The largest absolute Gasteiger partial charge is 0.466 e. The van der Waals surface area contributed by atoms with Crippen molar-refractivity contribution in [3.63, 3.8) is 0 Å². The van der Waals surface area contributed by atoms with E-state index in [1.165, 1.54) is 38.9 Å². The molecule has 0 N–H and O–H groups in total. The Morgan fingerprint density at radius 2 is 2.00 bits per heavy atom. The molecule has 2 heteroatoms. The van der Waals surface area contributed by atoms with E-state index in [4.69, 9.17) is 0 Å². The summed E-state index contributed by atoms with van der Waals surface area (Å²) < 4.78 is 4.48. The number of rotatable bonds is 7. The van der Waals surface area contributed by atoms with E-state index in [0.29, 0.717) is 0 Å². The van der Waals surface area contributed by atoms with Crippen LogP contribution < -0.4 is 0 Å². The lowest BCUT2D eigenvalue weighted by Gasteiger charge is -2.02. The van der Waals surface area contributed by atoms with E-state index in [1.54, 1.807) is 0 Å². The van der Waals surface area contributed by atoms with E-state index in [1.807, 2.05) is 6.08 Å². The summed E-state index contributed by atoms with van der Waals surface area (Å²) in [5, 5.41) is 0. The van der Waals surface area contributed by atoms with Crippen molar-refractivity contribution in [2.24, 2.45) is 5.92 Å². The van der Waals surface area contributed by atoms with E-state index < -0.39 is 0 Å². The first kappa shape index (κ1) is 13.2. The highest BCUT2D eigenvalue weighted by Gasteiger charge is 1.93. The maximum Gasteiger partial charge on any atom is 0.330 e. The lowest BCUT2D eigenvalue weighted by Crippen LogP contribution is -1.93. The molecule has 0 fully saturated rings. The van der Waals surface area contributed by atoms with Gasteiger partial charge in [0, 0.05) is 6.08 Å². The van der Waals surface area contributed by atoms with Crippen LogP contribution in [-0.4, -0.2) is 13.1 Å². The monoisotopic (exact) mass is 198 g/mol. The molecule has 0 atom stereocenters. The number of hydrogen-bond donors (Lipinski definition) is 0. The quantitative estimate of drug-likeness (QED) is 0.356. The van der Waals surface area contributed by atoms with Crippen molar-refractivity contribution in [1.82, 2.24) is 0 Å². The smallest absolute Gasteiger partial charge is 0.330 e. The Balaban J connectivity index is 3.21. The average Bonchev–Trinajstić information content (AvgIpc) is 2.15. The molecule has 14 heavy (non-hydrogen) atoms. The molecule has 0 spiro atoms. The van der Waals surface area contributed by atoms with Gasteiger partial charge in [-0.3, -0.25) is 0 Å². The number of carbonyl (C=O) groups excluding carboxylic acids is 1. The molecule has 0 aliphatic rings. The van der Waals surface area contributed by atoms with Gasteiger partial charge in [-0.05, 0) is 18.8 Å². The summed E-state index contributed by atoms with van der Waals surface area (Å²) in [7, 11) is 1.40. The molecule has 0 aliphatic carbocycles. The molecular weight excluding hydrogens is 176 g/mol. The minimum atomic E-state index is -0.257. The van der Waals surface area contributed by atoms with Crippen LogP contribution in [0, 0.1) is 5.92 Å². The maximum absolute atomic E-state index is 10.7. The average molecular weight is 198 g/mol. The third-order valence-electron chi connectivity index (χ3n) is 2.11. The SMILES string of the molecule is COC(=O)/C=C\CCCCCC(C)C. The topological polar surface area (TPSA) is 26.3 Å². The summed E-state index contributed by atoms with van der Waals surface area (Å²) in [6.45, 7) is 4.49. The first-order valence-electron chi connectivity index (χ1n) is 5.41. The minimum Gasteiger partial charge on any atom is -0.466 e. The fourth-order valence-corrected chi connectivity index (χ4v) is 1.24. The fraction of sp³-hybridized carbons (Fsp3) is 0.750. The lowest BCUT2D eigenvalue weighted by atomic mass is 10.0. The molecule has 0 aromatic rings. The minimum absolute atomic E-state index is 0.257. The van der Waals surface area contributed by atoms with Crippen LogP contribution in [0.3, 0.4) is 0 Å². The molecule has 0 amide bonds. The van der Waals surface area contributed by atoms with Crippen LogP contribution in [0.1, 0.15) is 46.0 Å². The van der Waals surface area contributed by atoms with Crippen LogP contribution in [0.15, 0.2) is 12.2 Å². The van der Waals surface area contributed by atoms with Gasteiger partial charge in [0.15, 0.2) is 0 Å². The second-order valence-corrected chi connectivity index (χ2v) is 3.96. The van der Waals surface area contributed by atoms with Crippen molar-refractivity contribution in [1.29, 1.82) is 0 Å². The number of esters is 1. The van der Waals surface area contributed by atoms with E-state index in [-0.39, 0.29) is 5.97 Å². The van der Waals surface area contributed by atoms with Crippen molar-refractivity contribution in [2.75, 3.05) is 7.11 Å². The molecule has 82 valence electrons. The Labute approximate surface area is 87.3 Å². The predicted molar refractivity (Wildman–Crippen MR) is 59.1 cm³/mol. The number of hydrogen-bond acceptors (Lipinski definition) is 2. The fourth-order valence-electron chi connectivity index (χ4n) is 1.24. The van der Waals surface area contributed by atoms with Gasteiger partial charge in [0.05, 0.1) is 7.11 Å². The summed E-state index contributed by atoms with van der Waals surface area (Å²) in [6.07, 6.45) is 9.39. The Bertz CT molecular complexity index is 171. The number of unbranched alkanes of at least 4 members (excludes halogenated alkanes) is 3. The van der Waals surface area contributed by atoms with Crippen LogP contribution in [0.4, 0.5) is 0 Å². The Kier molecular flexibility index (Phi) is 8.30. The normalized spacial score (nSPS) is 11.1. The third kappa shape index (κ3) is 9.30. The van der Waals surface area contributed by atoms with Gasteiger partial charge < -0.3 is 4.74 Å². The van der Waals surface area contributed by atoms with Gasteiger partial charge in [0.25, 0.3) is 0 Å². The molecule has 0 rings (SSSR count). The van der Waals surface area contributed by atoms with Crippen molar-refractivity contribution in [2.45, 2.75) is 46.0 Å². The highest BCUT2D eigenvalue weighted by atomic mass is 16.5. The lowest BCUT2D eigenvalue weighted by molar-refractivity contribution is -0.134. The highest BCUT2D eigenvalue weighted by Crippen LogP contribution is 2.09. The summed E-state index contributed by atoms with van der Waals surface area (Å²) >= 11 is 0. The van der Waals surface area contributed by atoms with Crippen LogP contribution >= 0.6 is 0 Å². The highest BCUT2D eigenvalue weighted by molar-refractivity contribution is 5.81. The van der Waals surface area contributed by atoms with Gasteiger partial charge >= 0.3 is 5.97 Å². The Hall–Kier alpha value is -0.790. The van der Waals surface area contributed by atoms with Gasteiger partial charge in [-0.1, -0.05) is 39.2 Å². The van der Waals surface area contributed by atoms with Crippen LogP contribution in [-0.2, 0) is 9.53 Å². The van der Waals surface area contributed by atoms with Gasteiger partial charge in [-0.2, -0.15) is 0 Å². The summed E-state index contributed by atoms with van der Waals surface area (Å²) in [6, 6.07) is 0. The maximum atomic E-state index is 10.7. The van der Waals surface area contributed by atoms with Crippen LogP contribution in [0.5, 0.6) is 0 Å². The molecular formula is C12H22O2. The molecule has 0 unspecified atom stereocenters. The van der Waals surface area contributed by atoms with E-state index in [0.717, 1.165) is 12.3 Å². The number of carbonyl (C=O) groups is 1. The van der Waals surface area contributed by atoms with Gasteiger partial charge in [-0.25, -0.2) is 4.79 Å². The van der Waals surface area contributed by atoms with Crippen molar-refractivity contribution < 1.29 is 9.53 Å². The Morgan fingerprint density at radius 1 is 1.29 bits per heavy atom. The van der Waals surface area contributed by atoms with Crippen molar-refractivity contribution >= 4 is 5.97 Å². The molecule has 0 heterocycles. The molecule has 0 aromatic heterocycles. The molecule has 0 radical (unpaired) electrons. The molecule has 0 bridgehead atoms. The standard InChI is InChI=1S/C12H22O2/c1-11(2)9-7-5-4-6-8-10-12(13)14-3/h8,10-11H,4-7,9H2,1-3H3/b10-8-. The zero-order chi connectivity index (χ0) is 10.8. The predicted octanol–water partition coefficient (Wildman–Crippen LogP) is 3.32. The van der Waals surface area contributed by atoms with E-state index >= 15 is 0 Å². The van der Waals surface area contributed by atoms with Crippen LogP contribution in [0.2, 0.25) is 0 Å². The van der Waals surface area contributed by atoms with Crippen molar-refractivity contribution in [3.8, 4) is 0 Å². The summed E-state index contributed by atoms with van der Waals surface area (Å²) in [4.78, 5) is 10.7. The summed E-state index contributed by atoms with van der Waals surface area (Å²) in [5.41, 5.74) is 0. The number of ether oxygens (including phenoxy) is 1. The molecule has 2 nitrogen and oxygen atoms in total. The second kappa shape index (κ2) is 8.79. The van der Waals surface area contributed by atoms with Crippen molar-refractivity contribution in [3.05, 3.63) is 12.2 Å². The molecule has 0 saturated heterocycles.